The van der Waals surface area contributed by atoms with E-state index in [-0.39, 0.29) is 0 Å². The van der Waals surface area contributed by atoms with Crippen molar-refractivity contribution in [1.82, 2.24) is 0 Å². The van der Waals surface area contributed by atoms with Crippen molar-refractivity contribution in [2.24, 2.45) is 0 Å². The zero-order valence-electron chi connectivity index (χ0n) is 26.5. The molecule has 0 radical (unpaired) electrons. The second kappa shape index (κ2) is 11.2. The van der Waals surface area contributed by atoms with Gasteiger partial charge in [0.2, 0.25) is 0 Å². The average molecular weight is 644 g/mol. The summed E-state index contributed by atoms with van der Waals surface area (Å²) in [7, 11) is 0. The highest BCUT2D eigenvalue weighted by molar-refractivity contribution is 7.26. The molecule has 230 valence electrons. The van der Waals surface area contributed by atoms with Crippen LogP contribution in [-0.2, 0) is 0 Å². The molecule has 0 N–H and O–H groups in total. The number of nitrogens with zero attached hydrogens (tertiary/aromatic N) is 1. The van der Waals surface area contributed by atoms with Crippen LogP contribution in [0, 0.1) is 0 Å². The summed E-state index contributed by atoms with van der Waals surface area (Å²) in [4.78, 5) is 2.44. The summed E-state index contributed by atoms with van der Waals surface area (Å²) >= 11 is 1.85. The van der Waals surface area contributed by atoms with Crippen LogP contribution in [0.3, 0.4) is 0 Å². The van der Waals surface area contributed by atoms with Gasteiger partial charge < -0.3 is 9.64 Å². The quantitative estimate of drug-likeness (QED) is 0.189. The Labute approximate surface area is 288 Å². The summed E-state index contributed by atoms with van der Waals surface area (Å²) in [6, 6.07) is 63.1. The normalized spacial score (nSPS) is 11.8. The summed E-state index contributed by atoms with van der Waals surface area (Å²) in [5.41, 5.74) is 10.2. The standard InChI is InChI=1S/C46H29NOS/c1-2-13-30(14-3-1)33-16-8-10-22-40(33)47(41-23-12-21-38-36-19-9-11-24-44(36)49-46(38)41)32-26-28-42-39(29-32)35-18-6-7-20-37(35)45-34-17-5-4-15-31(34)25-27-43(45)48-42/h1-29H. The monoisotopic (exact) mass is 643 g/mol. The molecule has 0 aliphatic carbocycles. The van der Waals surface area contributed by atoms with E-state index in [1.54, 1.807) is 0 Å². The Kier molecular flexibility index (Phi) is 6.39. The summed E-state index contributed by atoms with van der Waals surface area (Å²) in [5.74, 6) is 1.72. The molecule has 0 unspecified atom stereocenters. The van der Waals surface area contributed by atoms with Gasteiger partial charge in [0.25, 0.3) is 0 Å². The molecule has 0 atom stereocenters. The number of fused-ring (bicyclic) bond motifs is 10. The molecular formula is C46H29NOS. The number of anilines is 3. The van der Waals surface area contributed by atoms with E-state index in [1.165, 1.54) is 47.6 Å². The van der Waals surface area contributed by atoms with Gasteiger partial charge in [-0.2, -0.15) is 0 Å². The summed E-state index contributed by atoms with van der Waals surface area (Å²) in [5, 5.41) is 4.95. The second-order valence-corrected chi connectivity index (χ2v) is 13.5. The molecule has 2 heterocycles. The third-order valence-corrected chi connectivity index (χ3v) is 10.9. The number of thiophene rings is 1. The highest BCUT2D eigenvalue weighted by Gasteiger charge is 2.26. The average Bonchev–Trinajstić information content (AvgIpc) is 3.48. The molecule has 0 saturated heterocycles. The van der Waals surface area contributed by atoms with Crippen LogP contribution in [0.15, 0.2) is 176 Å². The maximum Gasteiger partial charge on any atom is 0.135 e. The number of hydrogen-bond acceptors (Lipinski definition) is 3. The molecule has 49 heavy (non-hydrogen) atoms. The molecule has 0 spiro atoms. The minimum absolute atomic E-state index is 0.849. The number of benzene rings is 8. The van der Waals surface area contributed by atoms with Crippen LogP contribution in [0.2, 0.25) is 0 Å². The van der Waals surface area contributed by atoms with Crippen LogP contribution >= 0.6 is 11.3 Å². The van der Waals surface area contributed by atoms with Gasteiger partial charge in [-0.15, -0.1) is 11.3 Å². The Morgan fingerprint density at radius 2 is 1.10 bits per heavy atom. The van der Waals surface area contributed by atoms with Crippen LogP contribution in [0.25, 0.3) is 64.3 Å². The molecule has 0 saturated carbocycles. The van der Waals surface area contributed by atoms with E-state index >= 15 is 0 Å². The number of ether oxygens (including phenoxy) is 1. The van der Waals surface area contributed by atoms with E-state index in [0.29, 0.717) is 0 Å². The molecule has 1 aromatic heterocycles. The van der Waals surface area contributed by atoms with Gasteiger partial charge in [-0.25, -0.2) is 0 Å². The smallest absolute Gasteiger partial charge is 0.135 e. The third kappa shape index (κ3) is 4.47. The Hall–Kier alpha value is -6.16. The van der Waals surface area contributed by atoms with Crippen molar-refractivity contribution in [1.29, 1.82) is 0 Å². The number of hydrogen-bond donors (Lipinski definition) is 0. The molecule has 1 aliphatic rings. The topological polar surface area (TPSA) is 12.5 Å². The van der Waals surface area contributed by atoms with Crippen LogP contribution in [-0.4, -0.2) is 0 Å². The van der Waals surface area contributed by atoms with Gasteiger partial charge >= 0.3 is 0 Å². The van der Waals surface area contributed by atoms with E-state index in [4.69, 9.17) is 4.74 Å². The zero-order valence-corrected chi connectivity index (χ0v) is 27.3. The van der Waals surface area contributed by atoms with Crippen molar-refractivity contribution in [2.75, 3.05) is 4.90 Å². The lowest BCUT2D eigenvalue weighted by Gasteiger charge is -2.29. The van der Waals surface area contributed by atoms with Gasteiger partial charge in [-0.05, 0) is 69.9 Å². The molecule has 0 bridgehead atoms. The Bertz CT molecular complexity index is 2710. The van der Waals surface area contributed by atoms with E-state index in [2.05, 4.69) is 181 Å². The Balaban J connectivity index is 1.25. The van der Waals surface area contributed by atoms with Crippen LogP contribution in [0.1, 0.15) is 0 Å². The van der Waals surface area contributed by atoms with Crippen molar-refractivity contribution in [3.05, 3.63) is 176 Å². The molecule has 2 nitrogen and oxygen atoms in total. The fourth-order valence-electron chi connectivity index (χ4n) is 7.47. The largest absolute Gasteiger partial charge is 0.456 e. The first kappa shape index (κ1) is 27.9. The maximum atomic E-state index is 6.83. The third-order valence-electron chi connectivity index (χ3n) is 9.67. The molecule has 0 fully saturated rings. The van der Waals surface area contributed by atoms with Crippen molar-refractivity contribution < 1.29 is 4.74 Å². The Morgan fingerprint density at radius 1 is 0.429 bits per heavy atom. The lowest BCUT2D eigenvalue weighted by molar-refractivity contribution is 0.488. The molecule has 9 aromatic rings. The first-order valence-corrected chi connectivity index (χ1v) is 17.4. The minimum Gasteiger partial charge on any atom is -0.456 e. The first-order chi connectivity index (χ1) is 24.3. The van der Waals surface area contributed by atoms with Crippen molar-refractivity contribution in [3.8, 4) is 44.9 Å². The number of para-hydroxylation sites is 1. The van der Waals surface area contributed by atoms with Gasteiger partial charge in [0.1, 0.15) is 11.5 Å². The summed E-state index contributed by atoms with van der Waals surface area (Å²) in [6.07, 6.45) is 0. The molecule has 10 rings (SSSR count). The van der Waals surface area contributed by atoms with Gasteiger partial charge in [0.05, 0.1) is 16.1 Å². The number of rotatable bonds is 4. The Morgan fingerprint density at radius 3 is 2.00 bits per heavy atom. The lowest BCUT2D eigenvalue weighted by atomic mass is 9.91. The van der Waals surface area contributed by atoms with Gasteiger partial charge in [0, 0.05) is 37.9 Å². The molecular weight excluding hydrogens is 615 g/mol. The summed E-state index contributed by atoms with van der Waals surface area (Å²) in [6.45, 7) is 0. The van der Waals surface area contributed by atoms with Gasteiger partial charge in [0.15, 0.2) is 0 Å². The minimum atomic E-state index is 0.849. The predicted molar refractivity (Wildman–Crippen MR) is 208 cm³/mol. The van der Waals surface area contributed by atoms with E-state index < -0.39 is 0 Å². The van der Waals surface area contributed by atoms with E-state index in [1.807, 2.05) is 11.3 Å². The van der Waals surface area contributed by atoms with Crippen molar-refractivity contribution in [3.63, 3.8) is 0 Å². The van der Waals surface area contributed by atoms with E-state index in [9.17, 15) is 0 Å². The fraction of sp³-hybridized carbons (Fsp3) is 0. The predicted octanol–water partition coefficient (Wildman–Crippen LogP) is 13.8. The van der Waals surface area contributed by atoms with Crippen LogP contribution in [0.4, 0.5) is 17.1 Å². The SMILES string of the molecule is c1ccc(-c2ccccc2N(c2ccc3c(c2)-c2ccccc2-c2c(ccc4ccccc24)O3)c2cccc3c2sc2ccccc23)cc1. The second-order valence-electron chi connectivity index (χ2n) is 12.5. The van der Waals surface area contributed by atoms with E-state index in [0.717, 1.165) is 45.3 Å². The highest BCUT2D eigenvalue weighted by atomic mass is 32.1. The van der Waals surface area contributed by atoms with Crippen LogP contribution < -0.4 is 9.64 Å². The summed E-state index contributed by atoms with van der Waals surface area (Å²) < 4.78 is 9.37. The molecule has 3 heteroatoms. The molecule has 0 amide bonds. The molecule has 1 aliphatic heterocycles. The van der Waals surface area contributed by atoms with Gasteiger partial charge in [-0.1, -0.05) is 133 Å². The fourth-order valence-corrected chi connectivity index (χ4v) is 8.68. The van der Waals surface area contributed by atoms with Crippen molar-refractivity contribution in [2.45, 2.75) is 0 Å². The highest BCUT2D eigenvalue weighted by Crippen LogP contribution is 2.52. The van der Waals surface area contributed by atoms with Crippen LogP contribution in [0.5, 0.6) is 11.5 Å². The maximum absolute atomic E-state index is 6.83. The van der Waals surface area contributed by atoms with Crippen molar-refractivity contribution >= 4 is 59.3 Å². The molecule has 8 aromatic carbocycles. The first-order valence-electron chi connectivity index (χ1n) is 16.6. The zero-order chi connectivity index (χ0) is 32.3. The lowest BCUT2D eigenvalue weighted by Crippen LogP contribution is -2.11. The van der Waals surface area contributed by atoms with Gasteiger partial charge in [-0.3, -0.25) is 0 Å².